The average molecular weight is 248 g/mol. The molecule has 0 radical (unpaired) electrons. The average Bonchev–Trinajstić information content (AvgIpc) is 2.38. The number of benzene rings is 1. The first-order valence-corrected chi connectivity index (χ1v) is 6.49. The summed E-state index contributed by atoms with van der Waals surface area (Å²) < 4.78 is 14.0. The fourth-order valence-corrected chi connectivity index (χ4v) is 2.36. The van der Waals surface area contributed by atoms with Gasteiger partial charge in [0, 0.05) is 30.4 Å². The van der Waals surface area contributed by atoms with E-state index >= 15 is 0 Å². The van der Waals surface area contributed by atoms with Gasteiger partial charge in [-0.3, -0.25) is 0 Å². The Hall–Kier alpha value is -1.35. The first-order valence-electron chi connectivity index (χ1n) is 6.49. The van der Waals surface area contributed by atoms with E-state index in [4.69, 9.17) is 0 Å². The van der Waals surface area contributed by atoms with E-state index in [9.17, 15) is 4.39 Å². The van der Waals surface area contributed by atoms with Crippen LogP contribution in [-0.2, 0) is 0 Å². The van der Waals surface area contributed by atoms with Crippen molar-refractivity contribution in [2.45, 2.75) is 26.3 Å². The summed E-state index contributed by atoms with van der Waals surface area (Å²) in [5.41, 5.74) is 3.21. The minimum atomic E-state index is -0.124. The molecule has 1 aromatic carbocycles. The Labute approximate surface area is 108 Å². The summed E-state index contributed by atoms with van der Waals surface area (Å²) in [6.45, 7) is 5.99. The van der Waals surface area contributed by atoms with E-state index in [1.807, 2.05) is 20.0 Å². The number of hydrogen-bond acceptors (Lipinski definition) is 2. The Kier molecular flexibility index (Phi) is 4.02. The third-order valence-corrected chi connectivity index (χ3v) is 3.67. The van der Waals surface area contributed by atoms with Crippen molar-refractivity contribution in [3.63, 3.8) is 0 Å². The van der Waals surface area contributed by atoms with Gasteiger partial charge in [-0.25, -0.2) is 4.39 Å². The highest BCUT2D eigenvalue weighted by atomic mass is 19.1. The van der Waals surface area contributed by atoms with Crippen LogP contribution in [0.15, 0.2) is 29.8 Å². The molecule has 1 N–H and O–H groups in total. The maximum absolute atomic E-state index is 14.0. The van der Waals surface area contributed by atoms with Gasteiger partial charge in [-0.2, -0.15) is 0 Å². The lowest BCUT2D eigenvalue weighted by Crippen LogP contribution is -2.30. The molecule has 0 saturated heterocycles. The van der Waals surface area contributed by atoms with Crippen LogP contribution >= 0.6 is 0 Å². The molecule has 0 saturated carbocycles. The lowest BCUT2D eigenvalue weighted by atomic mass is 10.0. The lowest BCUT2D eigenvalue weighted by molar-refractivity contribution is 0.559. The molecule has 0 fully saturated rings. The van der Waals surface area contributed by atoms with Crippen molar-refractivity contribution in [2.24, 2.45) is 0 Å². The van der Waals surface area contributed by atoms with Gasteiger partial charge in [-0.05, 0) is 39.4 Å². The second-order valence-electron chi connectivity index (χ2n) is 4.93. The Morgan fingerprint density at radius 3 is 2.78 bits per heavy atom. The second kappa shape index (κ2) is 5.53. The van der Waals surface area contributed by atoms with E-state index in [1.54, 1.807) is 6.07 Å². The summed E-state index contributed by atoms with van der Waals surface area (Å²) >= 11 is 0. The summed E-state index contributed by atoms with van der Waals surface area (Å²) in [4.78, 5) is 2.25. The van der Waals surface area contributed by atoms with Crippen LogP contribution in [-0.4, -0.2) is 20.1 Å². The molecule has 0 spiro atoms. The van der Waals surface area contributed by atoms with Gasteiger partial charge < -0.3 is 10.2 Å². The largest absolute Gasteiger partial charge is 0.367 e. The second-order valence-corrected chi connectivity index (χ2v) is 4.93. The molecule has 0 amide bonds. The molecule has 98 valence electrons. The molecule has 0 aromatic heterocycles. The van der Waals surface area contributed by atoms with Gasteiger partial charge in [-0.1, -0.05) is 17.7 Å². The van der Waals surface area contributed by atoms with Gasteiger partial charge in [0.2, 0.25) is 0 Å². The number of hydrogen-bond donors (Lipinski definition) is 1. The Morgan fingerprint density at radius 1 is 1.39 bits per heavy atom. The molecule has 1 unspecified atom stereocenters. The van der Waals surface area contributed by atoms with Crippen LogP contribution in [0.2, 0.25) is 0 Å². The molecule has 1 aliphatic heterocycles. The smallest absolute Gasteiger partial charge is 0.130 e. The number of halogens is 1. The molecule has 0 bridgehead atoms. The monoisotopic (exact) mass is 248 g/mol. The van der Waals surface area contributed by atoms with E-state index in [0.29, 0.717) is 0 Å². The van der Waals surface area contributed by atoms with Crippen molar-refractivity contribution >= 4 is 5.69 Å². The zero-order chi connectivity index (χ0) is 13.1. The first-order chi connectivity index (χ1) is 8.63. The summed E-state index contributed by atoms with van der Waals surface area (Å²) in [5, 5.41) is 3.13. The first kappa shape index (κ1) is 13.1. The van der Waals surface area contributed by atoms with Crippen LogP contribution in [0.3, 0.4) is 0 Å². The van der Waals surface area contributed by atoms with Crippen molar-refractivity contribution in [3.05, 3.63) is 41.2 Å². The molecular formula is C15H21FN2. The topological polar surface area (TPSA) is 15.3 Å². The highest BCUT2D eigenvalue weighted by Gasteiger charge is 2.19. The zero-order valence-electron chi connectivity index (χ0n) is 11.3. The standard InChI is InChI=1S/C15H21FN2/c1-11-7-9-18(10-8-11)14-6-4-5-13(16)15(14)12(2)17-3/h4-7,12,17H,8-10H2,1-3H3. The van der Waals surface area contributed by atoms with E-state index in [0.717, 1.165) is 30.8 Å². The summed E-state index contributed by atoms with van der Waals surface area (Å²) in [5.74, 6) is -0.124. The number of nitrogens with zero attached hydrogens (tertiary/aromatic N) is 1. The van der Waals surface area contributed by atoms with Crippen LogP contribution in [0.5, 0.6) is 0 Å². The number of nitrogens with one attached hydrogen (secondary N) is 1. The summed E-state index contributed by atoms with van der Waals surface area (Å²) in [7, 11) is 1.86. The SMILES string of the molecule is CNC(C)c1c(F)cccc1N1CC=C(C)CC1. The van der Waals surface area contributed by atoms with Crippen LogP contribution in [0.4, 0.5) is 10.1 Å². The van der Waals surface area contributed by atoms with Crippen molar-refractivity contribution in [3.8, 4) is 0 Å². The van der Waals surface area contributed by atoms with E-state index in [-0.39, 0.29) is 11.9 Å². The zero-order valence-corrected chi connectivity index (χ0v) is 11.3. The van der Waals surface area contributed by atoms with Gasteiger partial charge in [0.15, 0.2) is 0 Å². The quantitative estimate of drug-likeness (QED) is 0.826. The van der Waals surface area contributed by atoms with Crippen LogP contribution in [0, 0.1) is 5.82 Å². The third kappa shape index (κ3) is 2.56. The van der Waals surface area contributed by atoms with Gasteiger partial charge in [-0.15, -0.1) is 0 Å². The highest BCUT2D eigenvalue weighted by molar-refractivity contribution is 5.56. The molecule has 18 heavy (non-hydrogen) atoms. The predicted molar refractivity (Wildman–Crippen MR) is 74.5 cm³/mol. The summed E-state index contributed by atoms with van der Waals surface area (Å²) in [6.07, 6.45) is 3.28. The molecule has 2 nitrogen and oxygen atoms in total. The molecule has 1 heterocycles. The van der Waals surface area contributed by atoms with Gasteiger partial charge in [0.05, 0.1) is 0 Å². The maximum atomic E-state index is 14.0. The normalized spacial score (nSPS) is 17.6. The van der Waals surface area contributed by atoms with Gasteiger partial charge >= 0.3 is 0 Å². The molecular weight excluding hydrogens is 227 g/mol. The van der Waals surface area contributed by atoms with Crippen molar-refractivity contribution in [1.29, 1.82) is 0 Å². The molecule has 2 rings (SSSR count). The van der Waals surface area contributed by atoms with Crippen molar-refractivity contribution in [2.75, 3.05) is 25.0 Å². The molecule has 3 heteroatoms. The molecule has 0 aliphatic carbocycles. The maximum Gasteiger partial charge on any atom is 0.130 e. The fraction of sp³-hybridized carbons (Fsp3) is 0.467. The predicted octanol–water partition coefficient (Wildman–Crippen LogP) is 3.26. The molecule has 1 aromatic rings. The minimum Gasteiger partial charge on any atom is -0.367 e. The Balaban J connectivity index is 2.35. The minimum absolute atomic E-state index is 0.0215. The molecule has 1 aliphatic rings. The van der Waals surface area contributed by atoms with Crippen LogP contribution in [0.1, 0.15) is 31.9 Å². The van der Waals surface area contributed by atoms with E-state index in [2.05, 4.69) is 23.2 Å². The summed E-state index contributed by atoms with van der Waals surface area (Å²) in [6, 6.07) is 5.37. The molecule has 1 atom stereocenters. The number of anilines is 1. The third-order valence-electron chi connectivity index (χ3n) is 3.67. The van der Waals surface area contributed by atoms with Crippen molar-refractivity contribution in [1.82, 2.24) is 5.32 Å². The van der Waals surface area contributed by atoms with Crippen LogP contribution < -0.4 is 10.2 Å². The number of rotatable bonds is 3. The fourth-order valence-electron chi connectivity index (χ4n) is 2.36. The van der Waals surface area contributed by atoms with Gasteiger partial charge in [0.25, 0.3) is 0 Å². The van der Waals surface area contributed by atoms with Gasteiger partial charge in [0.1, 0.15) is 5.82 Å². The van der Waals surface area contributed by atoms with E-state index < -0.39 is 0 Å². The van der Waals surface area contributed by atoms with Crippen molar-refractivity contribution < 1.29 is 4.39 Å². The Morgan fingerprint density at radius 2 is 2.17 bits per heavy atom. The Bertz CT molecular complexity index is 454. The van der Waals surface area contributed by atoms with Crippen LogP contribution in [0.25, 0.3) is 0 Å². The highest BCUT2D eigenvalue weighted by Crippen LogP contribution is 2.30. The lowest BCUT2D eigenvalue weighted by Gasteiger charge is -2.31. The van der Waals surface area contributed by atoms with E-state index in [1.165, 1.54) is 11.6 Å².